The van der Waals surface area contributed by atoms with E-state index in [4.69, 9.17) is 0 Å². The maximum absolute atomic E-state index is 12.8. The summed E-state index contributed by atoms with van der Waals surface area (Å²) < 4.78 is 23.4. The number of carbonyl (C=O) groups excluding carboxylic acids is 1. The van der Waals surface area contributed by atoms with E-state index in [1.165, 1.54) is 12.8 Å². The van der Waals surface area contributed by atoms with E-state index in [2.05, 4.69) is 16.8 Å². The van der Waals surface area contributed by atoms with Crippen molar-refractivity contribution in [3.05, 3.63) is 24.0 Å². The Morgan fingerprint density at radius 3 is 2.52 bits per heavy atom. The number of pyridine rings is 1. The second-order valence-corrected chi connectivity index (χ2v) is 9.45. The number of carbonyl (C=O) groups is 1. The maximum atomic E-state index is 12.8. The van der Waals surface area contributed by atoms with Crippen LogP contribution in [0.25, 0.3) is 0 Å². The van der Waals surface area contributed by atoms with Crippen LogP contribution in [0.3, 0.4) is 0 Å². The standard InChI is InChI=1S/C18H27N3O3S/c1-3-21(16-8-11-25(23,24)13-16)18(22)17-5-4-15(12-19-17)20-9-6-14(2)7-10-20/h4-5,12,14,16H,3,6-11,13H2,1-2H3. The molecule has 3 rings (SSSR count). The molecule has 6 nitrogen and oxygen atoms in total. The highest BCUT2D eigenvalue weighted by Crippen LogP contribution is 2.23. The fraction of sp³-hybridized carbons (Fsp3) is 0.667. The second-order valence-electron chi connectivity index (χ2n) is 7.22. The van der Waals surface area contributed by atoms with Crippen LogP contribution in [-0.4, -0.2) is 61.4 Å². The van der Waals surface area contributed by atoms with E-state index in [9.17, 15) is 13.2 Å². The monoisotopic (exact) mass is 365 g/mol. The lowest BCUT2D eigenvalue weighted by Gasteiger charge is -2.32. The molecule has 1 aromatic rings. The first-order chi connectivity index (χ1) is 11.9. The molecule has 1 amide bonds. The van der Waals surface area contributed by atoms with Crippen molar-refractivity contribution in [1.29, 1.82) is 0 Å². The molecule has 7 heteroatoms. The fourth-order valence-corrected chi connectivity index (χ4v) is 5.43. The molecule has 2 saturated heterocycles. The van der Waals surface area contributed by atoms with Gasteiger partial charge in [0.25, 0.3) is 5.91 Å². The summed E-state index contributed by atoms with van der Waals surface area (Å²) >= 11 is 0. The van der Waals surface area contributed by atoms with Crippen molar-refractivity contribution in [2.24, 2.45) is 5.92 Å². The maximum Gasteiger partial charge on any atom is 0.272 e. The van der Waals surface area contributed by atoms with Gasteiger partial charge in [0, 0.05) is 25.7 Å². The van der Waals surface area contributed by atoms with Gasteiger partial charge < -0.3 is 9.80 Å². The Balaban J connectivity index is 1.69. The van der Waals surface area contributed by atoms with Gasteiger partial charge in [0.05, 0.1) is 23.4 Å². The summed E-state index contributed by atoms with van der Waals surface area (Å²) in [5.41, 5.74) is 1.44. The number of rotatable bonds is 4. The Labute approximate surface area is 150 Å². The molecule has 0 bridgehead atoms. The molecular weight excluding hydrogens is 338 g/mol. The zero-order valence-corrected chi connectivity index (χ0v) is 15.8. The molecule has 0 N–H and O–H groups in total. The molecule has 3 heterocycles. The van der Waals surface area contributed by atoms with Gasteiger partial charge in [-0.2, -0.15) is 0 Å². The quantitative estimate of drug-likeness (QED) is 0.816. The van der Waals surface area contributed by atoms with E-state index in [0.29, 0.717) is 18.7 Å². The molecule has 138 valence electrons. The average molecular weight is 365 g/mol. The van der Waals surface area contributed by atoms with E-state index >= 15 is 0 Å². The Bertz CT molecular complexity index is 710. The Kier molecular flexibility index (Phi) is 5.32. The summed E-state index contributed by atoms with van der Waals surface area (Å²) in [6.45, 7) is 6.70. The van der Waals surface area contributed by atoms with Crippen LogP contribution in [0.15, 0.2) is 18.3 Å². The van der Waals surface area contributed by atoms with E-state index in [-0.39, 0.29) is 23.5 Å². The van der Waals surface area contributed by atoms with Crippen molar-refractivity contribution < 1.29 is 13.2 Å². The van der Waals surface area contributed by atoms with Crippen molar-refractivity contribution in [3.8, 4) is 0 Å². The van der Waals surface area contributed by atoms with Crippen LogP contribution >= 0.6 is 0 Å². The van der Waals surface area contributed by atoms with Gasteiger partial charge in [-0.25, -0.2) is 13.4 Å². The molecule has 0 aliphatic carbocycles. The Morgan fingerprint density at radius 1 is 1.28 bits per heavy atom. The Morgan fingerprint density at radius 2 is 2.00 bits per heavy atom. The predicted molar refractivity (Wildman–Crippen MR) is 98.6 cm³/mol. The van der Waals surface area contributed by atoms with Crippen LogP contribution in [0.4, 0.5) is 5.69 Å². The molecule has 1 atom stereocenters. The summed E-state index contributed by atoms with van der Waals surface area (Å²) in [6, 6.07) is 3.49. The van der Waals surface area contributed by atoms with E-state index in [1.807, 2.05) is 13.0 Å². The number of hydrogen-bond donors (Lipinski definition) is 0. The fourth-order valence-electron chi connectivity index (χ4n) is 3.70. The first-order valence-corrected chi connectivity index (χ1v) is 10.9. The van der Waals surface area contributed by atoms with Crippen molar-refractivity contribution in [1.82, 2.24) is 9.88 Å². The van der Waals surface area contributed by atoms with E-state index in [1.54, 1.807) is 17.2 Å². The minimum atomic E-state index is -3.01. The number of hydrogen-bond acceptors (Lipinski definition) is 5. The summed E-state index contributed by atoms with van der Waals surface area (Å²) in [4.78, 5) is 21.1. The third kappa shape index (κ3) is 4.14. The lowest BCUT2D eigenvalue weighted by molar-refractivity contribution is 0.0702. The molecule has 25 heavy (non-hydrogen) atoms. The van der Waals surface area contributed by atoms with Gasteiger partial charge in [0.15, 0.2) is 9.84 Å². The van der Waals surface area contributed by atoms with Crippen LogP contribution in [-0.2, 0) is 9.84 Å². The summed E-state index contributed by atoms with van der Waals surface area (Å²) in [5.74, 6) is 0.826. The number of sulfone groups is 1. The van der Waals surface area contributed by atoms with Gasteiger partial charge in [-0.05, 0) is 44.2 Å². The van der Waals surface area contributed by atoms with Crippen molar-refractivity contribution >= 4 is 21.4 Å². The van der Waals surface area contributed by atoms with Crippen molar-refractivity contribution in [2.45, 2.75) is 39.2 Å². The molecule has 2 aliphatic rings. The van der Waals surface area contributed by atoms with Gasteiger partial charge in [-0.1, -0.05) is 6.92 Å². The highest BCUT2D eigenvalue weighted by molar-refractivity contribution is 7.91. The number of anilines is 1. The third-order valence-electron chi connectivity index (χ3n) is 5.37. The highest BCUT2D eigenvalue weighted by Gasteiger charge is 2.34. The first kappa shape index (κ1) is 18.2. The van der Waals surface area contributed by atoms with Gasteiger partial charge >= 0.3 is 0 Å². The van der Waals surface area contributed by atoms with Crippen LogP contribution in [0.5, 0.6) is 0 Å². The van der Waals surface area contributed by atoms with E-state index < -0.39 is 9.84 Å². The van der Waals surface area contributed by atoms with Crippen LogP contribution in [0.1, 0.15) is 43.6 Å². The summed E-state index contributed by atoms with van der Waals surface area (Å²) in [7, 11) is -3.01. The van der Waals surface area contributed by atoms with Crippen LogP contribution in [0, 0.1) is 5.92 Å². The number of nitrogens with zero attached hydrogens (tertiary/aromatic N) is 3. The van der Waals surface area contributed by atoms with Crippen LogP contribution in [0.2, 0.25) is 0 Å². The first-order valence-electron chi connectivity index (χ1n) is 9.12. The second kappa shape index (κ2) is 7.32. The summed E-state index contributed by atoms with van der Waals surface area (Å²) in [6.07, 6.45) is 4.65. The topological polar surface area (TPSA) is 70.6 Å². The van der Waals surface area contributed by atoms with Crippen molar-refractivity contribution in [2.75, 3.05) is 36.0 Å². The molecule has 1 aromatic heterocycles. The van der Waals surface area contributed by atoms with Gasteiger partial charge in [0.1, 0.15) is 5.69 Å². The number of piperidine rings is 1. The molecule has 2 aliphatic heterocycles. The zero-order chi connectivity index (χ0) is 18.0. The number of amides is 1. The highest BCUT2D eigenvalue weighted by atomic mass is 32.2. The molecule has 0 aromatic carbocycles. The van der Waals surface area contributed by atoms with Gasteiger partial charge in [-0.3, -0.25) is 4.79 Å². The summed E-state index contributed by atoms with van der Waals surface area (Å²) in [5, 5.41) is 0. The Hall–Kier alpha value is -1.63. The molecular formula is C18H27N3O3S. The zero-order valence-electron chi connectivity index (χ0n) is 15.0. The van der Waals surface area contributed by atoms with Gasteiger partial charge in [0.2, 0.25) is 0 Å². The predicted octanol–water partition coefficient (Wildman–Crippen LogP) is 1.97. The molecule has 0 spiro atoms. The third-order valence-corrected chi connectivity index (χ3v) is 7.12. The smallest absolute Gasteiger partial charge is 0.272 e. The van der Waals surface area contributed by atoms with Crippen LogP contribution < -0.4 is 4.90 Å². The molecule has 1 unspecified atom stereocenters. The SMILES string of the molecule is CCN(C(=O)c1ccc(N2CCC(C)CC2)cn1)C1CCS(=O)(=O)C1. The number of aromatic nitrogens is 1. The minimum Gasteiger partial charge on any atom is -0.370 e. The lowest BCUT2D eigenvalue weighted by Crippen LogP contribution is -2.41. The molecule has 2 fully saturated rings. The average Bonchev–Trinajstić information content (AvgIpc) is 2.96. The van der Waals surface area contributed by atoms with Crippen molar-refractivity contribution in [3.63, 3.8) is 0 Å². The van der Waals surface area contributed by atoms with E-state index in [0.717, 1.165) is 24.7 Å². The largest absolute Gasteiger partial charge is 0.370 e. The van der Waals surface area contributed by atoms with Gasteiger partial charge in [-0.15, -0.1) is 0 Å². The molecule has 0 radical (unpaired) electrons. The molecule has 0 saturated carbocycles. The normalized spacial score (nSPS) is 23.6. The lowest BCUT2D eigenvalue weighted by atomic mass is 9.99. The minimum absolute atomic E-state index is 0.0661.